The number of H-pyrrole nitrogens is 3. The third-order valence-electron chi connectivity index (χ3n) is 6.23. The highest BCUT2D eigenvalue weighted by atomic mass is 16.7. The fourth-order valence-electron chi connectivity index (χ4n) is 4.69. The number of morpholine rings is 1. The van der Waals surface area contributed by atoms with Crippen LogP contribution in [0.15, 0.2) is 32.6 Å². The Bertz CT molecular complexity index is 1440. The Labute approximate surface area is 204 Å². The zero-order valence-corrected chi connectivity index (χ0v) is 19.8. The third-order valence-corrected chi connectivity index (χ3v) is 6.23. The topological polar surface area (TPSA) is 150 Å². The zero-order valence-electron chi connectivity index (χ0n) is 19.8. The summed E-state index contributed by atoms with van der Waals surface area (Å²) in [4.78, 5) is 64.3. The zero-order chi connectivity index (χ0) is 25.2. The van der Waals surface area contributed by atoms with E-state index in [0.29, 0.717) is 73.7 Å². The summed E-state index contributed by atoms with van der Waals surface area (Å²) in [6.45, 7) is 6.26. The molecular weight excluding hydrogens is 470 g/mol. The molecule has 0 bridgehead atoms. The summed E-state index contributed by atoms with van der Waals surface area (Å²) in [5.74, 6) is -0.348. The number of aromatic nitrogens is 3. The van der Waals surface area contributed by atoms with Crippen LogP contribution in [0.25, 0.3) is 10.9 Å². The highest BCUT2D eigenvalue weighted by Gasteiger charge is 2.29. The number of nitrogens with one attached hydrogen (secondary N) is 3. The van der Waals surface area contributed by atoms with E-state index in [9.17, 15) is 19.2 Å². The van der Waals surface area contributed by atoms with Crippen LogP contribution in [0.4, 0.5) is 5.69 Å². The van der Waals surface area contributed by atoms with Gasteiger partial charge in [-0.05, 0) is 37.5 Å². The number of rotatable bonds is 6. The minimum atomic E-state index is -0.915. The Morgan fingerprint density at radius 1 is 1.06 bits per heavy atom. The van der Waals surface area contributed by atoms with E-state index in [1.807, 2.05) is 24.0 Å². The van der Waals surface area contributed by atoms with Crippen LogP contribution >= 0.6 is 0 Å². The van der Waals surface area contributed by atoms with Gasteiger partial charge in [0.2, 0.25) is 0 Å². The van der Waals surface area contributed by atoms with Gasteiger partial charge in [0.1, 0.15) is 11.4 Å². The molecule has 4 heterocycles. The predicted molar refractivity (Wildman–Crippen MR) is 131 cm³/mol. The van der Waals surface area contributed by atoms with Crippen molar-refractivity contribution in [2.75, 3.05) is 44.5 Å². The third kappa shape index (κ3) is 4.77. The smallest absolute Gasteiger partial charge is 0.379 e. The minimum Gasteiger partial charge on any atom is -0.493 e. The molecule has 2 aliphatic heterocycles. The number of pyridine rings is 1. The maximum Gasteiger partial charge on any atom is 0.379 e. The van der Waals surface area contributed by atoms with Crippen molar-refractivity contribution in [3.05, 3.63) is 66.2 Å². The molecule has 1 fully saturated rings. The summed E-state index contributed by atoms with van der Waals surface area (Å²) in [7, 11) is 0. The normalized spacial score (nSPS) is 16.1. The van der Waals surface area contributed by atoms with E-state index in [2.05, 4.69) is 14.9 Å². The predicted octanol–water partition coefficient (Wildman–Crippen LogP) is 0.660. The summed E-state index contributed by atoms with van der Waals surface area (Å²) in [6.07, 6.45) is 1.07. The first-order valence-corrected chi connectivity index (χ1v) is 11.9. The van der Waals surface area contributed by atoms with E-state index in [1.165, 1.54) is 5.06 Å². The van der Waals surface area contributed by atoms with Crippen molar-refractivity contribution in [3.8, 4) is 5.75 Å². The van der Waals surface area contributed by atoms with Crippen molar-refractivity contribution in [1.29, 1.82) is 0 Å². The Balaban J connectivity index is 1.58. The van der Waals surface area contributed by atoms with Gasteiger partial charge in [-0.2, -0.15) is 0 Å². The average Bonchev–Trinajstić information content (AvgIpc) is 2.84. The number of fused-ring (bicyclic) bond motifs is 3. The molecule has 36 heavy (non-hydrogen) atoms. The van der Waals surface area contributed by atoms with Gasteiger partial charge in [-0.15, -0.1) is 0 Å². The fourth-order valence-corrected chi connectivity index (χ4v) is 4.69. The molecule has 2 aromatic heterocycles. The lowest BCUT2D eigenvalue weighted by atomic mass is 9.99. The van der Waals surface area contributed by atoms with E-state index < -0.39 is 17.2 Å². The monoisotopic (exact) mass is 497 g/mol. The molecule has 0 spiro atoms. The molecule has 3 N–H and O–H groups in total. The number of hydroxylamine groups is 1. The second kappa shape index (κ2) is 9.99. The molecule has 3 aromatic rings. The molecule has 0 aliphatic carbocycles. The SMILES string of the molecule is CCOc1cc(CN2CCOCC2)cc2[nH]c(=O)c3c(c12)N(OC(=O)c1cc(=O)[nH]c(=O)[nH]1)CCC3. The van der Waals surface area contributed by atoms with Gasteiger partial charge < -0.3 is 24.3 Å². The van der Waals surface area contributed by atoms with E-state index in [4.69, 9.17) is 14.3 Å². The summed E-state index contributed by atoms with van der Waals surface area (Å²) >= 11 is 0. The van der Waals surface area contributed by atoms with Gasteiger partial charge >= 0.3 is 11.7 Å². The highest BCUT2D eigenvalue weighted by molar-refractivity contribution is 5.99. The Hall–Kier alpha value is -3.90. The van der Waals surface area contributed by atoms with E-state index in [-0.39, 0.29) is 11.3 Å². The molecule has 0 radical (unpaired) electrons. The molecular formula is C24H27N5O7. The Morgan fingerprint density at radius 3 is 2.61 bits per heavy atom. The second-order valence-electron chi connectivity index (χ2n) is 8.71. The van der Waals surface area contributed by atoms with Crippen molar-refractivity contribution in [2.24, 2.45) is 0 Å². The van der Waals surface area contributed by atoms with Gasteiger partial charge in [-0.25, -0.2) is 14.7 Å². The molecule has 1 aromatic carbocycles. The number of hydrogen-bond acceptors (Lipinski definition) is 9. The van der Waals surface area contributed by atoms with E-state index in [1.54, 1.807) is 0 Å². The van der Waals surface area contributed by atoms with Crippen molar-refractivity contribution < 1.29 is 19.1 Å². The number of benzene rings is 1. The van der Waals surface area contributed by atoms with Crippen LogP contribution in [0.1, 0.15) is 35.0 Å². The molecule has 190 valence electrons. The molecule has 0 unspecified atom stereocenters. The first-order chi connectivity index (χ1) is 17.4. The first-order valence-electron chi connectivity index (χ1n) is 11.9. The van der Waals surface area contributed by atoms with E-state index in [0.717, 1.165) is 24.7 Å². The molecule has 0 saturated carbocycles. The lowest BCUT2D eigenvalue weighted by Crippen LogP contribution is -2.36. The van der Waals surface area contributed by atoms with Crippen LogP contribution in [0, 0.1) is 0 Å². The van der Waals surface area contributed by atoms with Gasteiger partial charge in [-0.3, -0.25) is 19.5 Å². The van der Waals surface area contributed by atoms with E-state index >= 15 is 0 Å². The number of anilines is 1. The Kier molecular flexibility index (Phi) is 6.61. The number of nitrogens with zero attached hydrogens (tertiary/aromatic N) is 2. The molecule has 12 nitrogen and oxygen atoms in total. The number of ether oxygens (including phenoxy) is 2. The number of aromatic amines is 3. The summed E-state index contributed by atoms with van der Waals surface area (Å²) in [5.41, 5.74) is 0.366. The number of carbonyl (C=O) groups is 1. The maximum absolute atomic E-state index is 13.1. The van der Waals surface area contributed by atoms with Gasteiger partial charge in [0.15, 0.2) is 0 Å². The summed E-state index contributed by atoms with van der Waals surface area (Å²) in [6, 6.07) is 4.81. The van der Waals surface area contributed by atoms with Gasteiger partial charge in [0.25, 0.3) is 11.1 Å². The second-order valence-corrected chi connectivity index (χ2v) is 8.71. The maximum atomic E-state index is 13.1. The molecule has 0 amide bonds. The largest absolute Gasteiger partial charge is 0.493 e. The van der Waals surface area contributed by atoms with Crippen LogP contribution < -0.4 is 26.6 Å². The summed E-state index contributed by atoms with van der Waals surface area (Å²) in [5, 5.41) is 1.98. The highest BCUT2D eigenvalue weighted by Crippen LogP contribution is 2.39. The van der Waals surface area contributed by atoms with Crippen molar-refractivity contribution in [2.45, 2.75) is 26.3 Å². The number of hydrogen-bond donors (Lipinski definition) is 3. The van der Waals surface area contributed by atoms with Crippen LogP contribution in [0.3, 0.4) is 0 Å². The molecule has 1 saturated heterocycles. The lowest BCUT2D eigenvalue weighted by Gasteiger charge is -2.31. The minimum absolute atomic E-state index is 0.270. The van der Waals surface area contributed by atoms with Crippen molar-refractivity contribution in [1.82, 2.24) is 19.9 Å². The van der Waals surface area contributed by atoms with Crippen LogP contribution in [0.2, 0.25) is 0 Å². The van der Waals surface area contributed by atoms with Crippen molar-refractivity contribution >= 4 is 22.6 Å². The molecule has 2 aliphatic rings. The standard InChI is InChI=1S/C24H27N5O7/c1-2-35-18-11-14(13-28-6-8-34-9-7-28)10-16-20(18)21-15(22(31)25-16)4-3-5-29(21)36-23(32)17-12-19(30)27-24(33)26-17/h10-12H,2-9,13H2,1H3,(H,25,31)(H2,26,27,30,33). The van der Waals surface area contributed by atoms with Gasteiger partial charge in [0, 0.05) is 31.3 Å². The van der Waals surface area contributed by atoms with Crippen LogP contribution in [0.5, 0.6) is 5.75 Å². The molecule has 5 rings (SSSR count). The first kappa shape index (κ1) is 23.8. The van der Waals surface area contributed by atoms with Crippen molar-refractivity contribution in [3.63, 3.8) is 0 Å². The van der Waals surface area contributed by atoms with Gasteiger partial charge in [0.05, 0.1) is 43.0 Å². The quantitative estimate of drug-likeness (QED) is 0.446. The Morgan fingerprint density at radius 2 is 1.86 bits per heavy atom. The van der Waals surface area contributed by atoms with Crippen LogP contribution in [-0.2, 0) is 22.5 Å². The molecule has 0 atom stereocenters. The van der Waals surface area contributed by atoms with Crippen LogP contribution in [-0.4, -0.2) is 65.3 Å². The summed E-state index contributed by atoms with van der Waals surface area (Å²) < 4.78 is 11.4. The fraction of sp³-hybridized carbons (Fsp3) is 0.417. The number of carbonyl (C=O) groups excluding carboxylic acids is 1. The van der Waals surface area contributed by atoms with Gasteiger partial charge in [-0.1, -0.05) is 0 Å². The lowest BCUT2D eigenvalue weighted by molar-refractivity contribution is 0.0341. The molecule has 12 heteroatoms. The average molecular weight is 498 g/mol.